The van der Waals surface area contributed by atoms with Crippen LogP contribution in [-0.2, 0) is 22.2 Å². The Labute approximate surface area is 137 Å². The summed E-state index contributed by atoms with van der Waals surface area (Å²) in [4.78, 5) is 19.3. The van der Waals surface area contributed by atoms with Gasteiger partial charge in [-0.05, 0) is 5.92 Å². The zero-order valence-corrected chi connectivity index (χ0v) is 14.5. The van der Waals surface area contributed by atoms with Gasteiger partial charge < -0.3 is 22.8 Å². The molecule has 0 aromatic heterocycles. The molecule has 0 unspecified atom stereocenters. The van der Waals surface area contributed by atoms with E-state index in [1.165, 1.54) is 25.7 Å². The third kappa shape index (κ3) is 29.9. The molecule has 102 valence electrons. The molecule has 0 rings (SSSR count). The van der Waals surface area contributed by atoms with Crippen LogP contribution in [0.25, 0.3) is 0 Å². The first-order chi connectivity index (χ1) is 7.90. The van der Waals surface area contributed by atoms with Crippen LogP contribution in [0.2, 0.25) is 0 Å². The fraction of sp³-hybridized carbons (Fsp3) is 0.833. The monoisotopic (exact) mass is 286 g/mol. The van der Waals surface area contributed by atoms with Gasteiger partial charge in [0.15, 0.2) is 0 Å². The molecule has 0 amide bonds. The van der Waals surface area contributed by atoms with Crippen molar-refractivity contribution in [1.29, 1.82) is 0 Å². The Balaban J connectivity index is -0.000000238. The van der Waals surface area contributed by atoms with E-state index in [9.17, 15) is 9.59 Å². The summed E-state index contributed by atoms with van der Waals surface area (Å²) in [6.45, 7) is 4.54. The summed E-state index contributed by atoms with van der Waals surface area (Å²) in [6.07, 6.45) is 4.72. The molecule has 6 heteroatoms. The van der Waals surface area contributed by atoms with Crippen molar-refractivity contribution in [2.45, 2.75) is 52.4 Å². The van der Waals surface area contributed by atoms with Gasteiger partial charge in [0.2, 0.25) is 0 Å². The molecule has 0 saturated heterocycles. The number of unbranched alkanes of at least 4 members (excludes halogenated alkanes) is 2. The molecule has 2 N–H and O–H groups in total. The molecule has 0 aliphatic carbocycles. The summed E-state index contributed by atoms with van der Waals surface area (Å²) in [6, 6.07) is 0. The second-order valence-electron chi connectivity index (χ2n) is 4.23. The van der Waals surface area contributed by atoms with Crippen LogP contribution in [0.5, 0.6) is 0 Å². The van der Waals surface area contributed by atoms with Gasteiger partial charge in [-0.25, -0.2) is 0 Å². The van der Waals surface area contributed by atoms with Crippen LogP contribution in [0.1, 0.15) is 52.4 Å². The summed E-state index contributed by atoms with van der Waals surface area (Å²) in [5.41, 5.74) is 0. The van der Waals surface area contributed by atoms with E-state index in [-0.39, 0.29) is 42.4 Å². The number of hydrogen-bond donors (Lipinski definition) is 2. The number of carbonyl (C=O) groups is 2. The average molecular weight is 286 g/mol. The van der Waals surface area contributed by atoms with Crippen molar-refractivity contribution in [2.24, 2.45) is 5.92 Å². The molecule has 4 nitrogen and oxygen atoms in total. The molecule has 18 heavy (non-hydrogen) atoms. The van der Waals surface area contributed by atoms with E-state index < -0.39 is 11.9 Å². The molecule has 0 atom stereocenters. The van der Waals surface area contributed by atoms with Crippen molar-refractivity contribution >= 4 is 24.6 Å². The fourth-order valence-electron chi connectivity index (χ4n) is 1.05. The van der Waals surface area contributed by atoms with Crippen molar-refractivity contribution in [3.63, 3.8) is 0 Å². The van der Waals surface area contributed by atoms with Crippen LogP contribution in [-0.4, -0.2) is 27.9 Å². The van der Waals surface area contributed by atoms with E-state index in [1.807, 2.05) is 0 Å². The van der Waals surface area contributed by atoms with E-state index in [2.05, 4.69) is 13.8 Å². The Morgan fingerprint density at radius 2 is 1.44 bits per heavy atom. The van der Waals surface area contributed by atoms with Gasteiger partial charge >= 0.3 is 41.5 Å². The van der Waals surface area contributed by atoms with Gasteiger partial charge in [-0.15, -0.1) is 0 Å². The van der Waals surface area contributed by atoms with E-state index in [0.29, 0.717) is 0 Å². The third-order valence-electron chi connectivity index (χ3n) is 1.98. The van der Waals surface area contributed by atoms with Crippen LogP contribution in [0.15, 0.2) is 0 Å². The molecule has 0 heterocycles. The topological polar surface area (TPSA) is 74.6 Å². The largest absolute Gasteiger partial charge is 1.00 e. The van der Waals surface area contributed by atoms with Gasteiger partial charge in [-0.2, -0.15) is 5.75 Å². The molecule has 0 radical (unpaired) electrons. The zero-order chi connectivity index (χ0) is 13.7. The van der Waals surface area contributed by atoms with Crippen molar-refractivity contribution in [1.82, 2.24) is 0 Å². The van der Waals surface area contributed by atoms with E-state index >= 15 is 0 Å². The molecule has 0 aliphatic heterocycles. The molecular formula is C12H23NaO4S. The van der Waals surface area contributed by atoms with Gasteiger partial charge in [0.05, 0.1) is 12.8 Å². The van der Waals surface area contributed by atoms with E-state index in [4.69, 9.17) is 22.8 Å². The molecular weight excluding hydrogens is 263 g/mol. The van der Waals surface area contributed by atoms with Crippen molar-refractivity contribution < 1.29 is 49.4 Å². The molecule has 0 aliphatic rings. The van der Waals surface area contributed by atoms with Crippen molar-refractivity contribution in [2.75, 3.05) is 5.75 Å². The minimum atomic E-state index is -1.08. The maximum Gasteiger partial charge on any atom is 1.00 e. The maximum absolute atomic E-state index is 9.64. The predicted octanol–water partition coefficient (Wildman–Crippen LogP) is -0.310. The number of carboxylic acids is 2. The van der Waals surface area contributed by atoms with Crippen molar-refractivity contribution in [3.05, 3.63) is 0 Å². The molecule has 0 fully saturated rings. The van der Waals surface area contributed by atoms with Crippen LogP contribution in [0, 0.1) is 5.92 Å². The normalized spacial score (nSPS) is 9.11. The Morgan fingerprint density at radius 1 is 1.00 bits per heavy atom. The third-order valence-corrected chi connectivity index (χ3v) is 2.27. The van der Waals surface area contributed by atoms with Crippen molar-refractivity contribution in [3.8, 4) is 0 Å². The van der Waals surface area contributed by atoms with Gasteiger partial charge in [0, 0.05) is 0 Å². The summed E-state index contributed by atoms with van der Waals surface area (Å²) >= 11 is 4.83. The van der Waals surface area contributed by atoms with Crippen LogP contribution < -0.4 is 29.6 Å². The zero-order valence-electron chi connectivity index (χ0n) is 11.6. The molecule has 0 spiro atoms. The molecule has 0 bridgehead atoms. The number of carboxylic acid groups (broad SMARTS) is 2. The minimum absolute atomic E-state index is 0. The molecule has 0 saturated carbocycles. The SMILES string of the molecule is CC(C)CCCCC[S-].O=C(O)CCC(=O)O.[Na+]. The maximum atomic E-state index is 9.64. The Kier molecular flexibility index (Phi) is 22.5. The van der Waals surface area contributed by atoms with Crippen LogP contribution in [0.3, 0.4) is 0 Å². The summed E-state index contributed by atoms with van der Waals surface area (Å²) < 4.78 is 0. The Bertz CT molecular complexity index is 196. The number of hydrogen-bond acceptors (Lipinski definition) is 3. The average Bonchev–Trinajstić information content (AvgIpc) is 2.22. The van der Waals surface area contributed by atoms with Crippen LogP contribution >= 0.6 is 0 Å². The molecule has 0 aromatic rings. The summed E-state index contributed by atoms with van der Waals surface area (Å²) in [5.74, 6) is -0.340. The smallest absolute Gasteiger partial charge is 0.793 e. The summed E-state index contributed by atoms with van der Waals surface area (Å²) in [5, 5.41) is 15.8. The predicted molar refractivity (Wildman–Crippen MR) is 70.0 cm³/mol. The van der Waals surface area contributed by atoms with E-state index in [1.54, 1.807) is 0 Å². The second-order valence-corrected chi connectivity index (χ2v) is 4.64. The quantitative estimate of drug-likeness (QED) is 0.364. The number of aliphatic carboxylic acids is 2. The minimum Gasteiger partial charge on any atom is -0.793 e. The molecule has 0 aromatic carbocycles. The van der Waals surface area contributed by atoms with Gasteiger partial charge in [-0.1, -0.05) is 39.5 Å². The van der Waals surface area contributed by atoms with Gasteiger partial charge in [0.1, 0.15) is 0 Å². The fourth-order valence-corrected chi connectivity index (χ4v) is 1.25. The first-order valence-corrected chi connectivity index (χ1v) is 6.49. The van der Waals surface area contributed by atoms with Crippen LogP contribution in [0.4, 0.5) is 0 Å². The van der Waals surface area contributed by atoms with Gasteiger partial charge in [0.25, 0.3) is 0 Å². The standard InChI is InChI=1S/C8H18S.C4H6O4.Na/c1-8(2)6-4-3-5-7-9;5-3(6)1-2-4(7)8;/h8-9H,3-7H2,1-2H3;1-2H2,(H,5,6)(H,7,8);/q;;+1/p-1. The summed E-state index contributed by atoms with van der Waals surface area (Å²) in [7, 11) is 0. The second kappa shape index (κ2) is 17.3. The van der Waals surface area contributed by atoms with E-state index in [0.717, 1.165) is 11.7 Å². The van der Waals surface area contributed by atoms with Gasteiger partial charge in [-0.3, -0.25) is 9.59 Å². The first-order valence-electron chi connectivity index (χ1n) is 5.91. The Hall–Kier alpha value is 0.290. The first kappa shape index (κ1) is 23.4. The Morgan fingerprint density at radius 3 is 1.72 bits per heavy atom. The number of rotatable bonds is 8.